The van der Waals surface area contributed by atoms with Crippen LogP contribution >= 0.6 is 0 Å². The number of hydrogen-bond donors (Lipinski definition) is 3. The zero-order chi connectivity index (χ0) is 15.2. The van der Waals surface area contributed by atoms with Crippen LogP contribution < -0.4 is 16.6 Å². The number of hydrazine groups is 1. The van der Waals surface area contributed by atoms with E-state index in [0.717, 1.165) is 18.5 Å². The molecule has 0 unspecified atom stereocenters. The van der Waals surface area contributed by atoms with Crippen LogP contribution in [0, 0.1) is 0 Å². The number of carbonyl (C=O) groups excluding carboxylic acids is 1. The number of nitrogen functional groups attached to an aromatic ring is 1. The van der Waals surface area contributed by atoms with Crippen molar-refractivity contribution in [1.29, 1.82) is 0 Å². The molecule has 0 bridgehead atoms. The number of anilines is 1. The molecule has 1 heterocycles. The van der Waals surface area contributed by atoms with Gasteiger partial charge in [0.1, 0.15) is 5.82 Å². The lowest BCUT2D eigenvalue weighted by atomic mass is 10.1. The lowest BCUT2D eigenvalue weighted by Crippen LogP contribution is -2.46. The van der Waals surface area contributed by atoms with Gasteiger partial charge in [-0.15, -0.1) is 0 Å². The molecule has 1 aromatic rings. The predicted octanol–water partition coefficient (Wildman–Crippen LogP) is 1.47. The summed E-state index contributed by atoms with van der Waals surface area (Å²) in [7, 11) is 1.61. The molecule has 20 heavy (non-hydrogen) atoms. The van der Waals surface area contributed by atoms with Crippen LogP contribution in [0.5, 0.6) is 0 Å². The quantitative estimate of drug-likeness (QED) is 0.520. The Morgan fingerprint density at radius 2 is 2.15 bits per heavy atom. The van der Waals surface area contributed by atoms with Gasteiger partial charge < -0.3 is 15.5 Å². The van der Waals surface area contributed by atoms with Gasteiger partial charge in [-0.3, -0.25) is 4.79 Å². The highest BCUT2D eigenvalue weighted by Gasteiger charge is 2.21. The van der Waals surface area contributed by atoms with Crippen molar-refractivity contribution < 1.29 is 9.53 Å². The second kappa shape index (κ2) is 7.21. The van der Waals surface area contributed by atoms with Crippen LogP contribution in [0.15, 0.2) is 12.1 Å². The molecule has 6 nitrogen and oxygen atoms in total. The maximum Gasteiger partial charge on any atom is 0.251 e. The zero-order valence-electron chi connectivity index (χ0n) is 12.6. The summed E-state index contributed by atoms with van der Waals surface area (Å²) >= 11 is 0. The first kappa shape index (κ1) is 16.4. The van der Waals surface area contributed by atoms with E-state index in [-0.39, 0.29) is 5.91 Å². The molecule has 1 aromatic heterocycles. The van der Waals surface area contributed by atoms with Crippen molar-refractivity contribution >= 4 is 11.7 Å². The minimum Gasteiger partial charge on any atom is -0.382 e. The summed E-state index contributed by atoms with van der Waals surface area (Å²) in [6.07, 6.45) is 1.76. The van der Waals surface area contributed by atoms with Gasteiger partial charge in [0.05, 0.1) is 12.1 Å². The standard InChI is InChI=1S/C14H24N4O2/c1-5-6-11-7-10(8-12(16-11)18-15)13(19)17-14(2,3)9-20-4/h7-8H,5-6,9,15H2,1-4H3,(H,16,18)(H,17,19). The number of methoxy groups -OCH3 is 1. The summed E-state index contributed by atoms with van der Waals surface area (Å²) in [5.41, 5.74) is 3.45. The van der Waals surface area contributed by atoms with Crippen LogP contribution in [0.2, 0.25) is 0 Å². The highest BCUT2D eigenvalue weighted by molar-refractivity contribution is 5.95. The third-order valence-electron chi connectivity index (χ3n) is 2.75. The summed E-state index contributed by atoms with van der Waals surface area (Å²) in [5, 5.41) is 2.93. The number of ether oxygens (including phenoxy) is 1. The second-order valence-corrected chi connectivity index (χ2v) is 5.40. The predicted molar refractivity (Wildman–Crippen MR) is 79.5 cm³/mol. The first-order valence-corrected chi connectivity index (χ1v) is 6.71. The summed E-state index contributed by atoms with van der Waals surface area (Å²) in [4.78, 5) is 16.6. The van der Waals surface area contributed by atoms with E-state index < -0.39 is 5.54 Å². The Morgan fingerprint density at radius 1 is 1.45 bits per heavy atom. The number of amides is 1. The number of rotatable bonds is 7. The van der Waals surface area contributed by atoms with Crippen molar-refractivity contribution in [1.82, 2.24) is 10.3 Å². The fourth-order valence-electron chi connectivity index (χ4n) is 1.95. The van der Waals surface area contributed by atoms with Gasteiger partial charge in [0, 0.05) is 18.4 Å². The van der Waals surface area contributed by atoms with Crippen molar-refractivity contribution in [3.8, 4) is 0 Å². The number of pyridine rings is 1. The van der Waals surface area contributed by atoms with Crippen LogP contribution in [0.4, 0.5) is 5.82 Å². The van der Waals surface area contributed by atoms with Gasteiger partial charge in [-0.25, -0.2) is 10.8 Å². The van der Waals surface area contributed by atoms with Crippen LogP contribution in [0.1, 0.15) is 43.2 Å². The first-order valence-electron chi connectivity index (χ1n) is 6.71. The molecule has 0 fully saturated rings. The van der Waals surface area contributed by atoms with E-state index in [4.69, 9.17) is 10.6 Å². The van der Waals surface area contributed by atoms with Crippen LogP contribution in [-0.4, -0.2) is 30.1 Å². The normalized spacial score (nSPS) is 11.2. The SMILES string of the molecule is CCCc1cc(C(=O)NC(C)(C)COC)cc(NN)n1. The molecule has 1 amide bonds. The van der Waals surface area contributed by atoms with E-state index >= 15 is 0 Å². The molecule has 0 aliphatic carbocycles. The Kier molecular flexibility index (Phi) is 5.91. The summed E-state index contributed by atoms with van der Waals surface area (Å²) in [6, 6.07) is 3.43. The van der Waals surface area contributed by atoms with E-state index in [1.807, 2.05) is 13.8 Å². The topological polar surface area (TPSA) is 89.3 Å². The lowest BCUT2D eigenvalue weighted by molar-refractivity contribution is 0.0820. The van der Waals surface area contributed by atoms with Gasteiger partial charge in [0.15, 0.2) is 0 Å². The molecule has 112 valence electrons. The Morgan fingerprint density at radius 3 is 2.70 bits per heavy atom. The molecule has 0 aromatic carbocycles. The van der Waals surface area contributed by atoms with Gasteiger partial charge in [0.25, 0.3) is 5.91 Å². The molecule has 0 aliphatic rings. The number of nitrogens with one attached hydrogen (secondary N) is 2. The number of aryl methyl sites for hydroxylation is 1. The van der Waals surface area contributed by atoms with Crippen molar-refractivity contribution in [3.05, 3.63) is 23.4 Å². The van der Waals surface area contributed by atoms with E-state index in [1.165, 1.54) is 0 Å². The van der Waals surface area contributed by atoms with Gasteiger partial charge >= 0.3 is 0 Å². The molecule has 0 aliphatic heterocycles. The van der Waals surface area contributed by atoms with Gasteiger partial charge in [0.2, 0.25) is 0 Å². The van der Waals surface area contributed by atoms with Gasteiger partial charge in [-0.2, -0.15) is 0 Å². The largest absolute Gasteiger partial charge is 0.382 e. The number of carbonyl (C=O) groups is 1. The molecule has 1 rings (SSSR count). The van der Waals surface area contributed by atoms with E-state index in [0.29, 0.717) is 18.0 Å². The third-order valence-corrected chi connectivity index (χ3v) is 2.75. The number of nitrogens with two attached hydrogens (primary N) is 1. The zero-order valence-corrected chi connectivity index (χ0v) is 12.6. The second-order valence-electron chi connectivity index (χ2n) is 5.40. The number of nitrogens with zero attached hydrogens (tertiary/aromatic N) is 1. The van der Waals surface area contributed by atoms with Crippen molar-refractivity contribution in [3.63, 3.8) is 0 Å². The molecular formula is C14H24N4O2. The van der Waals surface area contributed by atoms with Crippen LogP contribution in [-0.2, 0) is 11.2 Å². The van der Waals surface area contributed by atoms with Gasteiger partial charge in [-0.05, 0) is 32.4 Å². The lowest BCUT2D eigenvalue weighted by Gasteiger charge is -2.25. The summed E-state index contributed by atoms with van der Waals surface area (Å²) in [5.74, 6) is 5.72. The minimum absolute atomic E-state index is 0.164. The maximum absolute atomic E-state index is 12.3. The van der Waals surface area contributed by atoms with E-state index in [1.54, 1.807) is 19.2 Å². The smallest absolute Gasteiger partial charge is 0.251 e. The summed E-state index contributed by atoms with van der Waals surface area (Å²) < 4.78 is 5.09. The van der Waals surface area contributed by atoms with E-state index in [9.17, 15) is 4.79 Å². The van der Waals surface area contributed by atoms with E-state index in [2.05, 4.69) is 22.7 Å². The van der Waals surface area contributed by atoms with Crippen molar-refractivity contribution in [2.45, 2.75) is 39.2 Å². The molecule has 0 atom stereocenters. The molecular weight excluding hydrogens is 256 g/mol. The van der Waals surface area contributed by atoms with Crippen molar-refractivity contribution in [2.75, 3.05) is 19.1 Å². The monoisotopic (exact) mass is 280 g/mol. The summed E-state index contributed by atoms with van der Waals surface area (Å²) in [6.45, 7) is 6.31. The molecule has 0 saturated carbocycles. The Hall–Kier alpha value is -1.66. The fourth-order valence-corrected chi connectivity index (χ4v) is 1.95. The average molecular weight is 280 g/mol. The first-order chi connectivity index (χ1) is 9.41. The highest BCUT2D eigenvalue weighted by atomic mass is 16.5. The van der Waals surface area contributed by atoms with Crippen LogP contribution in [0.25, 0.3) is 0 Å². The molecule has 0 spiro atoms. The average Bonchev–Trinajstić information content (AvgIpc) is 2.38. The molecule has 0 saturated heterocycles. The third kappa shape index (κ3) is 4.79. The highest BCUT2D eigenvalue weighted by Crippen LogP contribution is 2.13. The minimum atomic E-state index is -0.434. The fraction of sp³-hybridized carbons (Fsp3) is 0.571. The number of hydrogen-bond acceptors (Lipinski definition) is 5. The Labute approximate surface area is 120 Å². The van der Waals surface area contributed by atoms with Crippen LogP contribution in [0.3, 0.4) is 0 Å². The molecule has 4 N–H and O–H groups in total. The number of aromatic nitrogens is 1. The Balaban J connectivity index is 2.94. The molecule has 0 radical (unpaired) electrons. The Bertz CT molecular complexity index is 460. The molecule has 6 heteroatoms. The van der Waals surface area contributed by atoms with Gasteiger partial charge in [-0.1, -0.05) is 13.3 Å². The maximum atomic E-state index is 12.3. The van der Waals surface area contributed by atoms with Crippen molar-refractivity contribution in [2.24, 2.45) is 5.84 Å².